The zero-order valence-electron chi connectivity index (χ0n) is 18.5. The van der Waals surface area contributed by atoms with Crippen molar-refractivity contribution in [2.45, 2.75) is 96.3 Å². The highest BCUT2D eigenvalue weighted by Crippen LogP contribution is 2.21. The van der Waals surface area contributed by atoms with Gasteiger partial charge in [-0.2, -0.15) is 0 Å². The second-order valence-electron chi connectivity index (χ2n) is 8.34. The number of carboxylic acids is 1. The fourth-order valence-electron chi connectivity index (χ4n) is 4.14. The summed E-state index contributed by atoms with van der Waals surface area (Å²) in [7, 11) is 0. The molecule has 0 aliphatic carbocycles. The lowest BCUT2D eigenvalue weighted by atomic mass is 10.0. The number of aliphatic imine (C=N–C) groups is 1. The van der Waals surface area contributed by atoms with Gasteiger partial charge in [-0.25, -0.2) is 9.48 Å². The van der Waals surface area contributed by atoms with Crippen molar-refractivity contribution in [1.29, 1.82) is 0 Å². The summed E-state index contributed by atoms with van der Waals surface area (Å²) in [6.45, 7) is 4.70. The first-order chi connectivity index (χ1) is 14.1. The van der Waals surface area contributed by atoms with E-state index in [0.29, 0.717) is 13.1 Å². The van der Waals surface area contributed by atoms with Crippen LogP contribution in [0.3, 0.4) is 0 Å². The molecule has 166 valence electrons. The number of nitrogens with two attached hydrogens (primary N) is 1. The number of hydrogen-bond acceptors (Lipinski definition) is 4. The van der Waals surface area contributed by atoms with Gasteiger partial charge in [-0.15, -0.1) is 6.58 Å². The second-order valence-corrected chi connectivity index (χ2v) is 8.34. The number of allylic oxidation sites excluding steroid dienone is 1. The largest absolute Gasteiger partial charge is 0.544 e. The van der Waals surface area contributed by atoms with Gasteiger partial charge in [-0.05, 0) is 19.3 Å². The molecule has 5 nitrogen and oxygen atoms in total. The van der Waals surface area contributed by atoms with Crippen molar-refractivity contribution >= 4 is 11.8 Å². The number of rotatable bonds is 20. The predicted molar refractivity (Wildman–Crippen MR) is 120 cm³/mol. The smallest absolute Gasteiger partial charge is 0.207 e. The highest BCUT2D eigenvalue weighted by molar-refractivity contribution is 5.80. The Kier molecular flexibility index (Phi) is 14.4. The maximum atomic E-state index is 11.1. The van der Waals surface area contributed by atoms with E-state index in [2.05, 4.69) is 11.6 Å². The fraction of sp³-hybridized carbons (Fsp3) is 0.750. The van der Waals surface area contributed by atoms with Crippen LogP contribution in [0.5, 0.6) is 0 Å². The highest BCUT2D eigenvalue weighted by atomic mass is 16.4. The number of amidine groups is 1. The van der Waals surface area contributed by atoms with Crippen molar-refractivity contribution in [2.24, 2.45) is 10.7 Å². The third-order valence-electron chi connectivity index (χ3n) is 5.84. The number of hydrogen-bond donors (Lipinski definition) is 1. The van der Waals surface area contributed by atoms with Crippen LogP contribution in [0, 0.1) is 0 Å². The quantitative estimate of drug-likeness (QED) is 0.185. The first kappa shape index (κ1) is 25.6. The number of carbonyl (C=O) groups excluding carboxylic acids is 1. The SMILES string of the molecule is C=CCCCCCCCCCCCCCCCC1=NC=C[N+]1(CCN)CC(=O)[O-]. The summed E-state index contributed by atoms with van der Waals surface area (Å²) < 4.78 is 0.243. The Bertz CT molecular complexity index is 516. The Morgan fingerprint density at radius 1 is 0.966 bits per heavy atom. The van der Waals surface area contributed by atoms with Crippen molar-refractivity contribution in [2.75, 3.05) is 19.6 Å². The minimum Gasteiger partial charge on any atom is -0.544 e. The van der Waals surface area contributed by atoms with Crippen LogP contribution in [0.4, 0.5) is 0 Å². The average Bonchev–Trinajstić information content (AvgIpc) is 3.06. The number of quaternary nitrogens is 1. The van der Waals surface area contributed by atoms with E-state index < -0.39 is 5.97 Å². The number of carboxylic acid groups (broad SMARTS) is 1. The molecule has 0 radical (unpaired) electrons. The van der Waals surface area contributed by atoms with Gasteiger partial charge in [0, 0.05) is 13.0 Å². The molecule has 0 aromatic rings. The van der Waals surface area contributed by atoms with Gasteiger partial charge in [0.25, 0.3) is 0 Å². The van der Waals surface area contributed by atoms with E-state index in [-0.39, 0.29) is 11.0 Å². The molecule has 1 aliphatic rings. The third-order valence-corrected chi connectivity index (χ3v) is 5.84. The van der Waals surface area contributed by atoms with E-state index in [1.54, 1.807) is 6.20 Å². The van der Waals surface area contributed by atoms with Crippen LogP contribution in [0.1, 0.15) is 96.3 Å². The van der Waals surface area contributed by atoms with Crippen LogP contribution in [0.2, 0.25) is 0 Å². The normalized spacial score (nSPS) is 18.2. The number of aliphatic carboxylic acids is 1. The number of unbranched alkanes of at least 4 members (excludes halogenated alkanes) is 13. The van der Waals surface area contributed by atoms with Gasteiger partial charge >= 0.3 is 0 Å². The lowest BCUT2D eigenvalue weighted by Crippen LogP contribution is -2.55. The Balaban J connectivity index is 1.99. The molecule has 0 bridgehead atoms. The Labute approximate surface area is 178 Å². The molecule has 1 heterocycles. The minimum atomic E-state index is -1.05. The van der Waals surface area contributed by atoms with Crippen molar-refractivity contribution < 1.29 is 14.4 Å². The van der Waals surface area contributed by atoms with Gasteiger partial charge < -0.3 is 15.6 Å². The zero-order chi connectivity index (χ0) is 21.2. The lowest BCUT2D eigenvalue weighted by Gasteiger charge is -2.32. The summed E-state index contributed by atoms with van der Waals surface area (Å²) >= 11 is 0. The topological polar surface area (TPSA) is 78.5 Å². The third kappa shape index (κ3) is 11.3. The van der Waals surface area contributed by atoms with Crippen LogP contribution in [-0.4, -0.2) is 35.9 Å². The van der Waals surface area contributed by atoms with Crippen molar-refractivity contribution in [3.8, 4) is 0 Å². The molecule has 0 aromatic carbocycles. The molecule has 1 unspecified atom stereocenters. The van der Waals surface area contributed by atoms with Crippen LogP contribution in [-0.2, 0) is 4.79 Å². The predicted octanol–water partition coefficient (Wildman–Crippen LogP) is 4.43. The first-order valence-electron chi connectivity index (χ1n) is 11.8. The van der Waals surface area contributed by atoms with E-state index in [1.807, 2.05) is 12.3 Å². The zero-order valence-corrected chi connectivity index (χ0v) is 18.5. The standard InChI is InChI=1S/C24H43N3O2/c1-2-3-4-5-6-7-8-9-10-11-12-13-14-15-16-17-23-26-19-21-27(23,20-18-25)22-24(28)29/h2,19,21H,1,3-18,20,22,25H2. The van der Waals surface area contributed by atoms with E-state index in [0.717, 1.165) is 18.7 Å². The van der Waals surface area contributed by atoms with Gasteiger partial charge in [-0.1, -0.05) is 76.7 Å². The molecule has 0 spiro atoms. The molecule has 1 aliphatic heterocycles. The summed E-state index contributed by atoms with van der Waals surface area (Å²) in [6, 6.07) is 0. The maximum absolute atomic E-state index is 11.1. The summed E-state index contributed by atoms with van der Waals surface area (Å²) in [5.41, 5.74) is 5.70. The van der Waals surface area contributed by atoms with Crippen LogP contribution in [0.15, 0.2) is 30.0 Å². The highest BCUT2D eigenvalue weighted by Gasteiger charge is 2.34. The van der Waals surface area contributed by atoms with Crippen molar-refractivity contribution in [3.63, 3.8) is 0 Å². The van der Waals surface area contributed by atoms with Crippen molar-refractivity contribution in [3.05, 3.63) is 25.1 Å². The van der Waals surface area contributed by atoms with Crippen molar-refractivity contribution in [1.82, 2.24) is 0 Å². The van der Waals surface area contributed by atoms with E-state index in [4.69, 9.17) is 5.73 Å². The van der Waals surface area contributed by atoms with Crippen LogP contribution < -0.4 is 10.8 Å². The summed E-state index contributed by atoms with van der Waals surface area (Å²) in [4.78, 5) is 15.6. The molecule has 29 heavy (non-hydrogen) atoms. The molecule has 0 amide bonds. The van der Waals surface area contributed by atoms with Gasteiger partial charge in [0.1, 0.15) is 19.3 Å². The molecule has 0 aromatic heterocycles. The summed E-state index contributed by atoms with van der Waals surface area (Å²) in [6.07, 6.45) is 24.6. The molecule has 1 atom stereocenters. The Morgan fingerprint density at radius 3 is 1.97 bits per heavy atom. The molecule has 2 N–H and O–H groups in total. The molecule has 0 saturated heterocycles. The minimum absolute atomic E-state index is 0.0681. The van der Waals surface area contributed by atoms with Gasteiger partial charge in [-0.3, -0.25) is 0 Å². The fourth-order valence-corrected chi connectivity index (χ4v) is 4.14. The second kappa shape index (κ2) is 16.3. The monoisotopic (exact) mass is 405 g/mol. The van der Waals surface area contributed by atoms with E-state index in [9.17, 15) is 9.90 Å². The first-order valence-corrected chi connectivity index (χ1v) is 11.8. The molecule has 5 heteroatoms. The molecular weight excluding hydrogens is 362 g/mol. The summed E-state index contributed by atoms with van der Waals surface area (Å²) in [5.74, 6) is -0.130. The molecular formula is C24H43N3O2. The lowest BCUT2D eigenvalue weighted by molar-refractivity contribution is -0.780. The Hall–Kier alpha value is -1.46. The molecule has 1 rings (SSSR count). The number of carbonyl (C=O) groups is 1. The van der Waals surface area contributed by atoms with E-state index in [1.165, 1.54) is 83.5 Å². The average molecular weight is 406 g/mol. The molecule has 0 fully saturated rings. The van der Waals surface area contributed by atoms with Gasteiger partial charge in [0.2, 0.25) is 5.84 Å². The van der Waals surface area contributed by atoms with Crippen LogP contribution >= 0.6 is 0 Å². The maximum Gasteiger partial charge on any atom is 0.207 e. The van der Waals surface area contributed by atoms with Gasteiger partial charge in [0.15, 0.2) is 0 Å². The molecule has 0 saturated carbocycles. The van der Waals surface area contributed by atoms with Gasteiger partial charge in [0.05, 0.1) is 12.2 Å². The number of nitrogens with zero attached hydrogens (tertiary/aromatic N) is 2. The summed E-state index contributed by atoms with van der Waals surface area (Å²) in [5, 5.41) is 11.1. The Morgan fingerprint density at radius 2 is 1.48 bits per heavy atom. The van der Waals surface area contributed by atoms with Crippen LogP contribution in [0.25, 0.3) is 0 Å². The van der Waals surface area contributed by atoms with E-state index >= 15 is 0 Å².